The minimum absolute atomic E-state index is 0.0374. The topological polar surface area (TPSA) is 75.2 Å². The van der Waals surface area contributed by atoms with Gasteiger partial charge in [-0.3, -0.25) is 9.59 Å². The number of aromatic nitrogens is 2. The van der Waals surface area contributed by atoms with E-state index >= 15 is 0 Å². The van der Waals surface area contributed by atoms with Gasteiger partial charge in [0.1, 0.15) is 10.8 Å². The number of carbonyl (C=O) groups is 2. The summed E-state index contributed by atoms with van der Waals surface area (Å²) in [6, 6.07) is 14.9. The first kappa shape index (κ1) is 19.2. The number of nitrogens with zero attached hydrogens (tertiary/aromatic N) is 3. The smallest absolute Gasteiger partial charge is 0.286 e. The number of hydrogen-bond acceptors (Lipinski definition) is 5. The maximum Gasteiger partial charge on any atom is 0.286 e. The largest absolute Gasteiger partial charge is 0.333 e. The number of nitrogens with one attached hydrogen (secondary N) is 1. The van der Waals surface area contributed by atoms with Crippen molar-refractivity contribution in [3.8, 4) is 0 Å². The van der Waals surface area contributed by atoms with E-state index in [0.29, 0.717) is 17.2 Å². The van der Waals surface area contributed by atoms with Crippen LogP contribution in [0.25, 0.3) is 0 Å². The summed E-state index contributed by atoms with van der Waals surface area (Å²) in [5.41, 5.74) is 1.45. The van der Waals surface area contributed by atoms with E-state index in [1.807, 2.05) is 18.2 Å². The molecule has 8 heteroatoms. The number of rotatable bonds is 5. The molecule has 0 spiro atoms. The van der Waals surface area contributed by atoms with Crippen LogP contribution in [0.4, 0.5) is 10.1 Å². The summed E-state index contributed by atoms with van der Waals surface area (Å²) in [4.78, 5) is 27.0. The van der Waals surface area contributed by atoms with Crippen LogP contribution in [-0.4, -0.2) is 33.5 Å². The molecule has 1 saturated heterocycles. The van der Waals surface area contributed by atoms with Gasteiger partial charge in [-0.25, -0.2) is 4.39 Å². The van der Waals surface area contributed by atoms with Gasteiger partial charge in [-0.05, 0) is 42.7 Å². The number of halogens is 1. The predicted molar refractivity (Wildman–Crippen MR) is 108 cm³/mol. The molecule has 2 amide bonds. The Balaban J connectivity index is 1.44. The van der Waals surface area contributed by atoms with Crippen LogP contribution in [0.5, 0.6) is 0 Å². The van der Waals surface area contributed by atoms with Gasteiger partial charge in [0, 0.05) is 12.2 Å². The van der Waals surface area contributed by atoms with Crippen molar-refractivity contribution >= 4 is 28.8 Å². The van der Waals surface area contributed by atoms with Gasteiger partial charge in [-0.15, -0.1) is 10.2 Å². The van der Waals surface area contributed by atoms with Crippen LogP contribution >= 0.6 is 11.3 Å². The van der Waals surface area contributed by atoms with E-state index in [9.17, 15) is 14.0 Å². The first-order chi connectivity index (χ1) is 14.1. The lowest BCUT2D eigenvalue weighted by Crippen LogP contribution is -2.31. The number of amides is 2. The van der Waals surface area contributed by atoms with Gasteiger partial charge < -0.3 is 10.2 Å². The number of para-hydroxylation sites is 1. The maximum absolute atomic E-state index is 13.1. The zero-order chi connectivity index (χ0) is 20.2. The third-order valence-corrected chi connectivity index (χ3v) is 5.82. The van der Waals surface area contributed by atoms with E-state index in [1.54, 1.807) is 29.2 Å². The summed E-state index contributed by atoms with van der Waals surface area (Å²) in [7, 11) is 0. The molecule has 3 aromatic rings. The van der Waals surface area contributed by atoms with Crippen molar-refractivity contribution in [1.82, 2.24) is 15.1 Å². The highest BCUT2D eigenvalue weighted by atomic mass is 32.1. The number of likely N-dealkylation sites (tertiary alicyclic amines) is 1. The molecule has 29 heavy (non-hydrogen) atoms. The van der Waals surface area contributed by atoms with E-state index in [2.05, 4.69) is 15.5 Å². The molecule has 1 N–H and O–H groups in total. The molecule has 0 saturated carbocycles. The second kappa shape index (κ2) is 8.48. The van der Waals surface area contributed by atoms with Crippen molar-refractivity contribution in [2.45, 2.75) is 25.3 Å². The van der Waals surface area contributed by atoms with Gasteiger partial charge in [0.25, 0.3) is 5.91 Å². The standard InChI is InChI=1S/C21H19FN4O2S/c22-15-10-8-14(9-11-15)13-18(27)26-12-4-7-17(26)20-24-25-21(29-20)19(28)23-16-5-2-1-3-6-16/h1-3,5-6,8-11,17H,4,7,12-13H2,(H,23,28)/t17-/m1/s1. The summed E-state index contributed by atoms with van der Waals surface area (Å²) in [5.74, 6) is -0.679. The van der Waals surface area contributed by atoms with E-state index in [1.165, 1.54) is 23.5 Å². The Hall–Kier alpha value is -3.13. The van der Waals surface area contributed by atoms with Crippen molar-refractivity contribution < 1.29 is 14.0 Å². The minimum Gasteiger partial charge on any atom is -0.333 e. The Morgan fingerprint density at radius 3 is 2.62 bits per heavy atom. The van der Waals surface area contributed by atoms with E-state index in [4.69, 9.17) is 0 Å². The van der Waals surface area contributed by atoms with Gasteiger partial charge in [0.15, 0.2) is 0 Å². The Morgan fingerprint density at radius 2 is 1.86 bits per heavy atom. The second-order valence-corrected chi connectivity index (χ2v) is 7.82. The Morgan fingerprint density at radius 1 is 1.10 bits per heavy atom. The van der Waals surface area contributed by atoms with Crippen LogP contribution in [0, 0.1) is 5.82 Å². The first-order valence-corrected chi connectivity index (χ1v) is 10.2. The Labute approximate surface area is 171 Å². The molecule has 2 aromatic carbocycles. The van der Waals surface area contributed by atoms with Gasteiger partial charge in [-0.1, -0.05) is 41.7 Å². The lowest BCUT2D eigenvalue weighted by Gasteiger charge is -2.22. The number of hydrogen-bond donors (Lipinski definition) is 1. The molecule has 1 atom stereocenters. The van der Waals surface area contributed by atoms with Crippen molar-refractivity contribution in [2.24, 2.45) is 0 Å². The van der Waals surface area contributed by atoms with Crippen molar-refractivity contribution in [2.75, 3.05) is 11.9 Å². The van der Waals surface area contributed by atoms with Crippen LogP contribution in [0.3, 0.4) is 0 Å². The monoisotopic (exact) mass is 410 g/mol. The zero-order valence-electron chi connectivity index (χ0n) is 15.5. The molecular weight excluding hydrogens is 391 g/mol. The van der Waals surface area contributed by atoms with Crippen LogP contribution in [0.2, 0.25) is 0 Å². The second-order valence-electron chi connectivity index (χ2n) is 6.81. The molecule has 2 heterocycles. The summed E-state index contributed by atoms with van der Waals surface area (Å²) in [6.45, 7) is 0.635. The zero-order valence-corrected chi connectivity index (χ0v) is 16.4. The predicted octanol–water partition coefficient (Wildman–Crippen LogP) is 3.84. The molecule has 1 aliphatic rings. The molecule has 0 aliphatic carbocycles. The van der Waals surface area contributed by atoms with Crippen LogP contribution < -0.4 is 5.32 Å². The fraction of sp³-hybridized carbons (Fsp3) is 0.238. The van der Waals surface area contributed by atoms with Crippen LogP contribution in [0.15, 0.2) is 54.6 Å². The molecule has 0 radical (unpaired) electrons. The third-order valence-electron chi connectivity index (χ3n) is 4.79. The lowest BCUT2D eigenvalue weighted by molar-refractivity contribution is -0.131. The van der Waals surface area contributed by atoms with Crippen molar-refractivity contribution in [3.05, 3.63) is 76.0 Å². The fourth-order valence-electron chi connectivity index (χ4n) is 3.37. The summed E-state index contributed by atoms with van der Waals surface area (Å²) < 4.78 is 13.1. The highest BCUT2D eigenvalue weighted by Crippen LogP contribution is 2.34. The quantitative estimate of drug-likeness (QED) is 0.694. The van der Waals surface area contributed by atoms with Gasteiger partial charge >= 0.3 is 0 Å². The molecule has 148 valence electrons. The molecule has 1 fully saturated rings. The highest BCUT2D eigenvalue weighted by Gasteiger charge is 2.33. The van der Waals surface area contributed by atoms with Crippen molar-refractivity contribution in [3.63, 3.8) is 0 Å². The molecule has 4 rings (SSSR count). The molecule has 0 unspecified atom stereocenters. The van der Waals surface area contributed by atoms with E-state index in [-0.39, 0.29) is 35.1 Å². The van der Waals surface area contributed by atoms with Gasteiger partial charge in [0.2, 0.25) is 10.9 Å². The third kappa shape index (κ3) is 4.48. The molecular formula is C21H19FN4O2S. The summed E-state index contributed by atoms with van der Waals surface area (Å²) in [5, 5.41) is 11.9. The maximum atomic E-state index is 13.1. The molecule has 1 aromatic heterocycles. The van der Waals surface area contributed by atoms with E-state index in [0.717, 1.165) is 18.4 Å². The van der Waals surface area contributed by atoms with Crippen LogP contribution in [0.1, 0.15) is 39.3 Å². The molecule has 0 bridgehead atoms. The van der Waals surface area contributed by atoms with Gasteiger partial charge in [-0.2, -0.15) is 0 Å². The van der Waals surface area contributed by atoms with Gasteiger partial charge in [0.05, 0.1) is 12.5 Å². The van der Waals surface area contributed by atoms with E-state index < -0.39 is 0 Å². The number of benzene rings is 2. The average Bonchev–Trinajstić information content (AvgIpc) is 3.40. The molecule has 1 aliphatic heterocycles. The fourth-order valence-corrected chi connectivity index (χ4v) is 4.25. The first-order valence-electron chi connectivity index (χ1n) is 9.34. The van der Waals surface area contributed by atoms with Crippen molar-refractivity contribution in [1.29, 1.82) is 0 Å². The number of carbonyl (C=O) groups excluding carboxylic acids is 2. The number of anilines is 1. The normalized spacial score (nSPS) is 16.0. The average molecular weight is 410 g/mol. The Bertz CT molecular complexity index is 1010. The van der Waals surface area contributed by atoms with Crippen LogP contribution in [-0.2, 0) is 11.2 Å². The SMILES string of the molecule is O=C(Nc1ccccc1)c1nnc([C@H]2CCCN2C(=O)Cc2ccc(F)cc2)s1. The molecule has 6 nitrogen and oxygen atoms in total. The minimum atomic E-state index is -0.324. The summed E-state index contributed by atoms with van der Waals surface area (Å²) in [6.07, 6.45) is 1.85. The Kier molecular flexibility index (Phi) is 5.62. The lowest BCUT2D eigenvalue weighted by atomic mass is 10.1. The summed E-state index contributed by atoms with van der Waals surface area (Å²) >= 11 is 1.21. The highest BCUT2D eigenvalue weighted by molar-refractivity contribution is 7.13.